The zero-order chi connectivity index (χ0) is 11.5. The average molecular weight is 235 g/mol. The molecule has 0 aliphatic carbocycles. The maximum atomic E-state index is 13.4. The molecular formula is C12H20ClFO. The third-order valence-corrected chi connectivity index (χ3v) is 3.63. The fourth-order valence-electron chi connectivity index (χ4n) is 1.98. The van der Waals surface area contributed by atoms with Gasteiger partial charge in [-0.25, -0.2) is 4.39 Å². The predicted molar refractivity (Wildman–Crippen MR) is 61.9 cm³/mol. The van der Waals surface area contributed by atoms with Crippen molar-refractivity contribution in [3.8, 4) is 0 Å². The summed E-state index contributed by atoms with van der Waals surface area (Å²) in [6.07, 6.45) is 3.63. The number of alkyl halides is 1. The fourth-order valence-corrected chi connectivity index (χ4v) is 2.08. The van der Waals surface area contributed by atoms with Gasteiger partial charge in [-0.2, -0.15) is 0 Å². The molecule has 1 fully saturated rings. The zero-order valence-electron chi connectivity index (χ0n) is 9.67. The molecule has 0 N–H and O–H groups in total. The quantitative estimate of drug-likeness (QED) is 0.716. The Bertz CT molecular complexity index is 230. The lowest BCUT2D eigenvalue weighted by Crippen LogP contribution is -2.47. The van der Waals surface area contributed by atoms with Crippen LogP contribution in [0.1, 0.15) is 40.0 Å². The van der Waals surface area contributed by atoms with Gasteiger partial charge >= 0.3 is 0 Å². The first-order valence-electron chi connectivity index (χ1n) is 5.56. The summed E-state index contributed by atoms with van der Waals surface area (Å²) in [6, 6.07) is 0. The van der Waals surface area contributed by atoms with Gasteiger partial charge < -0.3 is 4.74 Å². The largest absolute Gasteiger partial charge is 0.368 e. The van der Waals surface area contributed by atoms with Gasteiger partial charge in [-0.3, -0.25) is 0 Å². The summed E-state index contributed by atoms with van der Waals surface area (Å²) in [6.45, 7) is 5.58. The normalized spacial score (nSPS) is 39.5. The van der Waals surface area contributed by atoms with Crippen molar-refractivity contribution in [3.63, 3.8) is 0 Å². The van der Waals surface area contributed by atoms with Crippen molar-refractivity contribution in [2.75, 3.05) is 0 Å². The van der Waals surface area contributed by atoms with E-state index in [1.807, 2.05) is 13.0 Å². The molecule has 0 bridgehead atoms. The summed E-state index contributed by atoms with van der Waals surface area (Å²) in [5.74, 6) is 0.477. The summed E-state index contributed by atoms with van der Waals surface area (Å²) in [7, 11) is 0. The van der Waals surface area contributed by atoms with E-state index in [1.165, 1.54) is 5.54 Å². The molecule has 0 aromatic carbocycles. The molecule has 1 saturated heterocycles. The molecule has 1 nitrogen and oxygen atoms in total. The van der Waals surface area contributed by atoms with Gasteiger partial charge in [-0.1, -0.05) is 24.6 Å². The molecule has 4 atom stereocenters. The number of hydrogen-bond acceptors (Lipinski definition) is 1. The Morgan fingerprint density at radius 1 is 1.67 bits per heavy atom. The monoisotopic (exact) mass is 234 g/mol. The molecule has 1 aliphatic heterocycles. The lowest BCUT2D eigenvalue weighted by Gasteiger charge is -2.42. The van der Waals surface area contributed by atoms with Crippen LogP contribution < -0.4 is 0 Å². The fraction of sp³-hybridized carbons (Fsp3) is 0.833. The smallest absolute Gasteiger partial charge is 0.126 e. The van der Waals surface area contributed by atoms with E-state index in [2.05, 4.69) is 6.92 Å². The van der Waals surface area contributed by atoms with Crippen LogP contribution in [0.25, 0.3) is 0 Å². The highest BCUT2D eigenvalue weighted by atomic mass is 35.5. The van der Waals surface area contributed by atoms with E-state index in [1.54, 1.807) is 6.92 Å². The molecule has 88 valence electrons. The Balaban J connectivity index is 2.63. The summed E-state index contributed by atoms with van der Waals surface area (Å²) in [5.41, 5.74) is 0.887. The van der Waals surface area contributed by atoms with Gasteiger partial charge in [-0.15, -0.1) is 0 Å². The second-order valence-electron chi connectivity index (χ2n) is 4.70. The maximum absolute atomic E-state index is 13.4. The summed E-state index contributed by atoms with van der Waals surface area (Å²) >= 11 is 5.49. The van der Waals surface area contributed by atoms with Crippen molar-refractivity contribution in [1.29, 1.82) is 0 Å². The standard InChI is InChI=1S/C12H20ClFO/c1-9-6-7-12(3,10(2)14)15-11(9)5-4-8-13/h4,8-11H,5-7H2,1-3H3. The second-order valence-corrected chi connectivity index (χ2v) is 4.95. The van der Waals surface area contributed by atoms with Gasteiger partial charge in [0.2, 0.25) is 0 Å². The molecule has 0 saturated carbocycles. The molecule has 0 aromatic heterocycles. The summed E-state index contributed by atoms with van der Waals surface area (Å²) in [5, 5.41) is 0. The van der Waals surface area contributed by atoms with Crippen molar-refractivity contribution in [2.24, 2.45) is 5.92 Å². The third-order valence-electron chi connectivity index (χ3n) is 3.45. The van der Waals surface area contributed by atoms with Crippen LogP contribution in [0, 0.1) is 5.92 Å². The van der Waals surface area contributed by atoms with E-state index < -0.39 is 11.8 Å². The van der Waals surface area contributed by atoms with Gasteiger partial charge in [0.15, 0.2) is 0 Å². The van der Waals surface area contributed by atoms with Crippen LogP contribution in [-0.4, -0.2) is 17.9 Å². The van der Waals surface area contributed by atoms with E-state index >= 15 is 0 Å². The Kier molecular flexibility index (Phi) is 4.60. The first-order chi connectivity index (χ1) is 6.99. The molecule has 0 radical (unpaired) electrons. The summed E-state index contributed by atoms with van der Waals surface area (Å²) in [4.78, 5) is 0. The van der Waals surface area contributed by atoms with Crippen LogP contribution in [0.2, 0.25) is 0 Å². The first-order valence-corrected chi connectivity index (χ1v) is 6.00. The van der Waals surface area contributed by atoms with E-state index in [0.717, 1.165) is 19.3 Å². The lowest BCUT2D eigenvalue weighted by molar-refractivity contribution is -0.167. The SMILES string of the molecule is CC1CCC(C)(C(C)F)OC1CC=CCl. The van der Waals surface area contributed by atoms with Gasteiger partial charge in [0.05, 0.1) is 11.7 Å². The molecule has 1 rings (SSSR count). The Labute approximate surface area is 96.6 Å². The van der Waals surface area contributed by atoms with Crippen molar-refractivity contribution in [3.05, 3.63) is 11.6 Å². The van der Waals surface area contributed by atoms with Gasteiger partial charge in [0, 0.05) is 5.54 Å². The molecule has 3 heteroatoms. The molecule has 1 heterocycles. The molecule has 0 spiro atoms. The van der Waals surface area contributed by atoms with Crippen LogP contribution in [-0.2, 0) is 4.74 Å². The van der Waals surface area contributed by atoms with Crippen molar-refractivity contribution < 1.29 is 9.13 Å². The highest BCUT2D eigenvalue weighted by Gasteiger charge is 2.40. The van der Waals surface area contributed by atoms with Crippen LogP contribution in [0.4, 0.5) is 4.39 Å². The second kappa shape index (κ2) is 5.31. The molecule has 4 unspecified atom stereocenters. The minimum Gasteiger partial charge on any atom is -0.368 e. The Morgan fingerprint density at radius 2 is 2.33 bits per heavy atom. The van der Waals surface area contributed by atoms with Crippen LogP contribution >= 0.6 is 11.6 Å². The van der Waals surface area contributed by atoms with E-state index in [9.17, 15) is 4.39 Å². The molecule has 15 heavy (non-hydrogen) atoms. The van der Waals surface area contributed by atoms with Crippen LogP contribution in [0.5, 0.6) is 0 Å². The Hall–Kier alpha value is -0.0800. The highest BCUT2D eigenvalue weighted by Crippen LogP contribution is 2.37. The Morgan fingerprint density at radius 3 is 2.87 bits per heavy atom. The van der Waals surface area contributed by atoms with E-state index in [-0.39, 0.29) is 6.10 Å². The minimum atomic E-state index is -0.924. The number of halogens is 2. The third kappa shape index (κ3) is 3.18. The van der Waals surface area contributed by atoms with Crippen LogP contribution in [0.3, 0.4) is 0 Å². The number of hydrogen-bond donors (Lipinski definition) is 0. The highest BCUT2D eigenvalue weighted by molar-refractivity contribution is 6.25. The molecule has 0 aromatic rings. The molecule has 1 aliphatic rings. The van der Waals surface area contributed by atoms with E-state index in [4.69, 9.17) is 16.3 Å². The van der Waals surface area contributed by atoms with Gasteiger partial charge in [0.1, 0.15) is 6.17 Å². The van der Waals surface area contributed by atoms with E-state index in [0.29, 0.717) is 5.92 Å². The van der Waals surface area contributed by atoms with Gasteiger partial charge in [0.25, 0.3) is 0 Å². The lowest BCUT2D eigenvalue weighted by atomic mass is 9.83. The van der Waals surface area contributed by atoms with Crippen molar-refractivity contribution >= 4 is 11.6 Å². The van der Waals surface area contributed by atoms with Crippen molar-refractivity contribution in [1.82, 2.24) is 0 Å². The van der Waals surface area contributed by atoms with Gasteiger partial charge in [-0.05, 0) is 39.0 Å². The first kappa shape index (κ1) is 13.0. The average Bonchev–Trinajstić information content (AvgIpc) is 2.19. The topological polar surface area (TPSA) is 9.23 Å². The van der Waals surface area contributed by atoms with Crippen LogP contribution in [0.15, 0.2) is 11.6 Å². The zero-order valence-corrected chi connectivity index (χ0v) is 10.4. The predicted octanol–water partition coefficient (Wildman–Crippen LogP) is 4.06. The number of ether oxygens (including phenoxy) is 1. The van der Waals surface area contributed by atoms with Crippen molar-refractivity contribution in [2.45, 2.75) is 57.9 Å². The number of rotatable bonds is 3. The summed E-state index contributed by atoms with van der Waals surface area (Å²) < 4.78 is 19.3. The molecule has 0 amide bonds. The molecular weight excluding hydrogens is 215 g/mol. The minimum absolute atomic E-state index is 0.0944. The maximum Gasteiger partial charge on any atom is 0.126 e.